The largest absolute Gasteiger partial charge is 0.287 e. The van der Waals surface area contributed by atoms with Crippen molar-refractivity contribution >= 4 is 9.84 Å². The van der Waals surface area contributed by atoms with Crippen LogP contribution >= 0.6 is 0 Å². The third kappa shape index (κ3) is 6.47. The lowest BCUT2D eigenvalue weighted by Gasteiger charge is -2.22. The number of nitriles is 1. The van der Waals surface area contributed by atoms with Gasteiger partial charge in [0.15, 0.2) is 9.84 Å². The predicted molar refractivity (Wildman–Crippen MR) is 61.3 cm³/mol. The molecule has 88 valence electrons. The average Bonchev–Trinajstić information content (AvgIpc) is 2.11. The van der Waals surface area contributed by atoms with Gasteiger partial charge in [-0.15, -0.1) is 0 Å². The van der Waals surface area contributed by atoms with Crippen LogP contribution in [0.1, 0.15) is 27.2 Å². The van der Waals surface area contributed by atoms with Crippen molar-refractivity contribution < 1.29 is 8.42 Å². The molecular formula is C10H20N2O2S. The lowest BCUT2D eigenvalue weighted by molar-refractivity contribution is 0.263. The van der Waals surface area contributed by atoms with Crippen molar-refractivity contribution in [2.75, 3.05) is 24.6 Å². The highest BCUT2D eigenvalue weighted by Crippen LogP contribution is 2.00. The topological polar surface area (TPSA) is 61.2 Å². The van der Waals surface area contributed by atoms with Gasteiger partial charge in [0.2, 0.25) is 0 Å². The summed E-state index contributed by atoms with van der Waals surface area (Å²) >= 11 is 0. The molecule has 0 aromatic carbocycles. The minimum Gasteiger partial charge on any atom is -0.287 e. The van der Waals surface area contributed by atoms with E-state index < -0.39 is 9.84 Å². The van der Waals surface area contributed by atoms with Gasteiger partial charge in [0.25, 0.3) is 0 Å². The molecule has 0 fully saturated rings. The van der Waals surface area contributed by atoms with Gasteiger partial charge in [-0.25, -0.2) is 8.42 Å². The second kappa shape index (κ2) is 6.81. The number of hydrogen-bond acceptors (Lipinski definition) is 4. The van der Waals surface area contributed by atoms with Crippen LogP contribution in [0.2, 0.25) is 0 Å². The molecule has 15 heavy (non-hydrogen) atoms. The van der Waals surface area contributed by atoms with Crippen molar-refractivity contribution in [1.82, 2.24) is 4.90 Å². The first kappa shape index (κ1) is 14.4. The average molecular weight is 232 g/mol. The molecule has 0 bridgehead atoms. The molecule has 0 spiro atoms. The maximum Gasteiger partial charge on any atom is 0.151 e. The summed E-state index contributed by atoms with van der Waals surface area (Å²) in [6.07, 6.45) is 0.655. The molecule has 5 heteroatoms. The molecule has 0 aliphatic rings. The first-order chi connectivity index (χ1) is 6.93. The Labute approximate surface area is 92.8 Å². The van der Waals surface area contributed by atoms with Gasteiger partial charge in [-0.3, -0.25) is 4.90 Å². The summed E-state index contributed by atoms with van der Waals surface area (Å²) in [5, 5.41) is 8.58. The highest BCUT2D eigenvalue weighted by molar-refractivity contribution is 7.91. The lowest BCUT2D eigenvalue weighted by Crippen LogP contribution is -2.35. The van der Waals surface area contributed by atoms with E-state index in [1.807, 2.05) is 31.7 Å². The van der Waals surface area contributed by atoms with E-state index in [4.69, 9.17) is 5.26 Å². The zero-order chi connectivity index (χ0) is 11.9. The van der Waals surface area contributed by atoms with Gasteiger partial charge >= 0.3 is 0 Å². The fourth-order valence-electron chi connectivity index (χ4n) is 1.28. The fourth-order valence-corrected chi connectivity index (χ4v) is 2.62. The van der Waals surface area contributed by atoms with Crippen LogP contribution in [0.5, 0.6) is 0 Å². The van der Waals surface area contributed by atoms with E-state index in [9.17, 15) is 8.42 Å². The fraction of sp³-hybridized carbons (Fsp3) is 0.900. The third-order valence-electron chi connectivity index (χ3n) is 2.21. The molecule has 0 radical (unpaired) electrons. The van der Waals surface area contributed by atoms with Gasteiger partial charge in [0.1, 0.15) is 0 Å². The first-order valence-corrected chi connectivity index (χ1v) is 7.06. The minimum absolute atomic E-state index is 0.153. The summed E-state index contributed by atoms with van der Waals surface area (Å²) in [5.74, 6) is 0.395. The summed E-state index contributed by atoms with van der Waals surface area (Å²) in [6.45, 7) is 6.52. The monoisotopic (exact) mass is 232 g/mol. The quantitative estimate of drug-likeness (QED) is 0.615. The molecular weight excluding hydrogens is 212 g/mol. The second-order valence-corrected chi connectivity index (χ2v) is 6.18. The predicted octanol–water partition coefficient (Wildman–Crippen LogP) is 1.05. The van der Waals surface area contributed by atoms with Gasteiger partial charge in [0.05, 0.1) is 18.4 Å². The van der Waals surface area contributed by atoms with Crippen molar-refractivity contribution in [2.24, 2.45) is 0 Å². The summed E-state index contributed by atoms with van der Waals surface area (Å²) in [5.41, 5.74) is 0. The van der Waals surface area contributed by atoms with E-state index in [2.05, 4.69) is 0 Å². The summed E-state index contributed by atoms with van der Waals surface area (Å²) in [4.78, 5) is 1.87. The Bertz CT molecular complexity index is 304. The van der Waals surface area contributed by atoms with Crippen LogP contribution in [0, 0.1) is 11.3 Å². The van der Waals surface area contributed by atoms with E-state index in [1.54, 1.807) is 0 Å². The molecule has 0 heterocycles. The van der Waals surface area contributed by atoms with Crippen LogP contribution in [-0.4, -0.2) is 44.0 Å². The van der Waals surface area contributed by atoms with Gasteiger partial charge in [-0.2, -0.15) is 5.26 Å². The Kier molecular flexibility index (Phi) is 6.53. The molecule has 0 unspecified atom stereocenters. The van der Waals surface area contributed by atoms with Crippen molar-refractivity contribution in [1.29, 1.82) is 5.26 Å². The number of nitrogens with zero attached hydrogens (tertiary/aromatic N) is 2. The van der Waals surface area contributed by atoms with Crippen LogP contribution in [0.3, 0.4) is 0 Å². The lowest BCUT2D eigenvalue weighted by atomic mass is 10.3. The van der Waals surface area contributed by atoms with Crippen LogP contribution in [0.15, 0.2) is 0 Å². The Balaban J connectivity index is 4.17. The molecule has 0 aromatic rings. The van der Waals surface area contributed by atoms with Crippen molar-refractivity contribution in [3.8, 4) is 6.07 Å². The number of rotatable bonds is 7. The highest BCUT2D eigenvalue weighted by atomic mass is 32.2. The minimum atomic E-state index is -2.93. The Morgan fingerprint density at radius 1 is 1.33 bits per heavy atom. The van der Waals surface area contributed by atoms with Crippen LogP contribution < -0.4 is 0 Å². The SMILES string of the molecule is CCCS(=O)(=O)CCN(CC#N)C(C)C. The molecule has 0 atom stereocenters. The Morgan fingerprint density at radius 3 is 2.33 bits per heavy atom. The number of hydrogen-bond donors (Lipinski definition) is 0. The molecule has 0 saturated carbocycles. The zero-order valence-corrected chi connectivity index (χ0v) is 10.5. The van der Waals surface area contributed by atoms with Crippen molar-refractivity contribution in [2.45, 2.75) is 33.2 Å². The van der Waals surface area contributed by atoms with Crippen LogP contribution in [0.25, 0.3) is 0 Å². The zero-order valence-electron chi connectivity index (χ0n) is 9.73. The second-order valence-electron chi connectivity index (χ2n) is 3.87. The molecule has 0 rings (SSSR count). The van der Waals surface area contributed by atoms with Crippen molar-refractivity contribution in [3.05, 3.63) is 0 Å². The first-order valence-electron chi connectivity index (χ1n) is 5.24. The van der Waals surface area contributed by atoms with E-state index >= 15 is 0 Å². The smallest absolute Gasteiger partial charge is 0.151 e. The number of sulfone groups is 1. The maximum atomic E-state index is 11.5. The van der Waals surface area contributed by atoms with E-state index in [-0.39, 0.29) is 17.5 Å². The molecule has 0 aliphatic heterocycles. The summed E-state index contributed by atoms with van der Waals surface area (Å²) < 4.78 is 22.9. The Morgan fingerprint density at radius 2 is 1.93 bits per heavy atom. The van der Waals surface area contributed by atoms with Crippen LogP contribution in [-0.2, 0) is 9.84 Å². The molecule has 0 N–H and O–H groups in total. The third-order valence-corrected chi connectivity index (χ3v) is 4.04. The molecule has 4 nitrogen and oxygen atoms in total. The van der Waals surface area contributed by atoms with Gasteiger partial charge in [-0.1, -0.05) is 6.92 Å². The standard InChI is InChI=1S/C10H20N2O2S/c1-4-8-15(13,14)9-7-12(6-5-11)10(2)3/h10H,4,6-9H2,1-3H3. The molecule has 0 aromatic heterocycles. The molecule has 0 amide bonds. The van der Waals surface area contributed by atoms with Gasteiger partial charge in [-0.05, 0) is 20.3 Å². The normalized spacial score (nSPS) is 12.0. The van der Waals surface area contributed by atoms with E-state index in [0.717, 1.165) is 0 Å². The highest BCUT2D eigenvalue weighted by Gasteiger charge is 2.14. The van der Waals surface area contributed by atoms with Crippen LogP contribution in [0.4, 0.5) is 0 Å². The molecule has 0 saturated heterocycles. The molecule has 0 aliphatic carbocycles. The van der Waals surface area contributed by atoms with E-state index in [0.29, 0.717) is 19.5 Å². The summed E-state index contributed by atoms with van der Waals surface area (Å²) in [7, 11) is -2.93. The van der Waals surface area contributed by atoms with E-state index in [1.165, 1.54) is 0 Å². The van der Waals surface area contributed by atoms with Gasteiger partial charge < -0.3 is 0 Å². The maximum absolute atomic E-state index is 11.5. The summed E-state index contributed by atoms with van der Waals surface area (Å²) in [6, 6.07) is 2.26. The van der Waals surface area contributed by atoms with Gasteiger partial charge in [0, 0.05) is 18.3 Å². The Hall–Kier alpha value is -0.600. The van der Waals surface area contributed by atoms with Crippen molar-refractivity contribution in [3.63, 3.8) is 0 Å².